The van der Waals surface area contributed by atoms with Crippen molar-refractivity contribution in [1.29, 1.82) is 0 Å². The number of ether oxygens (including phenoxy) is 2. The third-order valence-electron chi connectivity index (χ3n) is 4.75. The Kier molecular flexibility index (Phi) is 7.06. The molecule has 1 aromatic carbocycles. The molecule has 0 bridgehead atoms. The summed E-state index contributed by atoms with van der Waals surface area (Å²) in [7, 11) is 3.12. The minimum atomic E-state index is -0.167. The Hall–Kier alpha value is -3.21. The van der Waals surface area contributed by atoms with E-state index >= 15 is 0 Å². The number of amides is 1. The molecule has 3 aromatic rings. The third kappa shape index (κ3) is 4.76. The zero-order valence-corrected chi connectivity index (χ0v) is 18.9. The molecule has 0 fully saturated rings. The lowest BCUT2D eigenvalue weighted by Crippen LogP contribution is -2.35. The molecule has 3 N–H and O–H groups in total. The Morgan fingerprint density at radius 2 is 2.06 bits per heavy atom. The fourth-order valence-electron chi connectivity index (χ4n) is 2.89. The number of nitrogens with one attached hydrogen (secondary N) is 1. The van der Waals surface area contributed by atoms with Crippen LogP contribution >= 0.6 is 11.8 Å². The fraction of sp³-hybridized carbons (Fsp3) is 0.400. The molecule has 0 aliphatic rings. The van der Waals surface area contributed by atoms with Crippen LogP contribution in [0.25, 0.3) is 22.8 Å². The first-order chi connectivity index (χ1) is 14.9. The summed E-state index contributed by atoms with van der Waals surface area (Å²) in [5.41, 5.74) is 7.49. The van der Waals surface area contributed by atoms with Crippen LogP contribution in [0.3, 0.4) is 0 Å². The van der Waals surface area contributed by atoms with Crippen molar-refractivity contribution >= 4 is 23.5 Å². The summed E-state index contributed by atoms with van der Waals surface area (Å²) in [5.74, 6) is 1.85. The van der Waals surface area contributed by atoms with Gasteiger partial charge in [-0.25, -0.2) is 4.68 Å². The fourth-order valence-corrected chi connectivity index (χ4v) is 3.47. The van der Waals surface area contributed by atoms with Crippen molar-refractivity contribution < 1.29 is 18.8 Å². The van der Waals surface area contributed by atoms with Gasteiger partial charge in [-0.2, -0.15) is 10.1 Å². The molecule has 1 amide bonds. The van der Waals surface area contributed by atoms with Crippen LogP contribution in [0.5, 0.6) is 11.5 Å². The van der Waals surface area contributed by atoms with Gasteiger partial charge in [0.25, 0.3) is 5.89 Å². The monoisotopic (exact) mass is 446 g/mol. The second-order valence-electron chi connectivity index (χ2n) is 6.80. The molecular weight excluding hydrogens is 420 g/mol. The van der Waals surface area contributed by atoms with Gasteiger partial charge < -0.3 is 25.0 Å². The highest BCUT2D eigenvalue weighted by molar-refractivity contribution is 7.98. The summed E-state index contributed by atoms with van der Waals surface area (Å²) in [5, 5.41) is 12.0. The van der Waals surface area contributed by atoms with Gasteiger partial charge in [0.1, 0.15) is 23.0 Å². The van der Waals surface area contributed by atoms with Gasteiger partial charge in [0.05, 0.1) is 14.2 Å². The predicted molar refractivity (Wildman–Crippen MR) is 118 cm³/mol. The van der Waals surface area contributed by atoms with Gasteiger partial charge in [-0.15, -0.1) is 11.8 Å². The number of benzene rings is 1. The zero-order valence-electron chi connectivity index (χ0n) is 18.1. The lowest BCUT2D eigenvalue weighted by molar-refractivity contribution is -0.122. The van der Waals surface area contributed by atoms with Gasteiger partial charge in [0.2, 0.25) is 11.7 Å². The van der Waals surface area contributed by atoms with Gasteiger partial charge in [-0.3, -0.25) is 4.79 Å². The molecule has 2 heterocycles. The number of rotatable bonds is 9. The van der Waals surface area contributed by atoms with Crippen molar-refractivity contribution in [3.63, 3.8) is 0 Å². The van der Waals surface area contributed by atoms with E-state index in [2.05, 4.69) is 20.6 Å². The van der Waals surface area contributed by atoms with Crippen molar-refractivity contribution in [2.75, 3.05) is 26.2 Å². The predicted octanol–water partition coefficient (Wildman–Crippen LogP) is 2.84. The number of aromatic nitrogens is 4. The average molecular weight is 447 g/mol. The summed E-state index contributed by atoms with van der Waals surface area (Å²) in [6, 6.07) is 5.40. The SMILES string of the molecule is CCC(C)NC(=O)Cn1nc(SC)c(-c2nc(-c3ccc(OC)c(OC)c3)no2)c1N. The maximum absolute atomic E-state index is 12.3. The smallest absolute Gasteiger partial charge is 0.264 e. The average Bonchev–Trinajstić information content (AvgIpc) is 3.37. The van der Waals surface area contributed by atoms with Crippen LogP contribution < -0.4 is 20.5 Å². The molecule has 31 heavy (non-hydrogen) atoms. The highest BCUT2D eigenvalue weighted by Gasteiger charge is 2.24. The quantitative estimate of drug-likeness (QED) is 0.476. The van der Waals surface area contributed by atoms with E-state index in [1.807, 2.05) is 20.1 Å². The van der Waals surface area contributed by atoms with E-state index in [1.54, 1.807) is 32.4 Å². The number of hydrogen-bond acceptors (Lipinski definition) is 9. The van der Waals surface area contributed by atoms with Crippen LogP contribution in [0.4, 0.5) is 5.82 Å². The number of nitrogens with zero attached hydrogens (tertiary/aromatic N) is 4. The van der Waals surface area contributed by atoms with E-state index in [-0.39, 0.29) is 30.2 Å². The molecule has 0 radical (unpaired) electrons. The van der Waals surface area contributed by atoms with Crippen molar-refractivity contribution in [3.05, 3.63) is 18.2 Å². The molecule has 1 atom stereocenters. The maximum Gasteiger partial charge on any atom is 0.264 e. The molecule has 3 rings (SSSR count). The van der Waals surface area contributed by atoms with Crippen molar-refractivity contribution in [2.24, 2.45) is 0 Å². The minimum absolute atomic E-state index is 0.000403. The first kappa shape index (κ1) is 22.5. The summed E-state index contributed by atoms with van der Waals surface area (Å²) >= 11 is 1.38. The number of anilines is 1. The lowest BCUT2D eigenvalue weighted by Gasteiger charge is -2.11. The molecule has 11 heteroatoms. The van der Waals surface area contributed by atoms with Crippen LogP contribution in [-0.4, -0.2) is 52.3 Å². The van der Waals surface area contributed by atoms with E-state index < -0.39 is 0 Å². The molecule has 0 saturated heterocycles. The zero-order chi connectivity index (χ0) is 22.5. The van der Waals surface area contributed by atoms with Crippen LogP contribution in [-0.2, 0) is 11.3 Å². The standard InChI is InChI=1S/C20H26N6O4S/c1-6-11(2)22-15(27)10-26-17(21)16(20(24-26)31-5)19-23-18(25-30-19)12-7-8-13(28-3)14(9-12)29-4/h7-9,11H,6,10,21H2,1-5H3,(H,22,27). The number of methoxy groups -OCH3 is 2. The van der Waals surface area contributed by atoms with E-state index in [4.69, 9.17) is 19.7 Å². The summed E-state index contributed by atoms with van der Waals surface area (Å²) < 4.78 is 17.5. The highest BCUT2D eigenvalue weighted by atomic mass is 32.2. The molecule has 166 valence electrons. The first-order valence-electron chi connectivity index (χ1n) is 9.67. The van der Waals surface area contributed by atoms with E-state index in [9.17, 15) is 4.79 Å². The lowest BCUT2D eigenvalue weighted by atomic mass is 10.2. The topological polar surface area (TPSA) is 130 Å². The Balaban J connectivity index is 1.91. The number of carbonyl (C=O) groups is 1. The minimum Gasteiger partial charge on any atom is -0.493 e. The van der Waals surface area contributed by atoms with Crippen molar-refractivity contribution in [1.82, 2.24) is 25.2 Å². The number of carbonyl (C=O) groups excluding carboxylic acids is 1. The Morgan fingerprint density at radius 1 is 1.32 bits per heavy atom. The van der Waals surface area contributed by atoms with Crippen molar-refractivity contribution in [3.8, 4) is 34.3 Å². The Bertz CT molecular complexity index is 1060. The van der Waals surface area contributed by atoms with E-state index in [0.29, 0.717) is 33.5 Å². The van der Waals surface area contributed by atoms with Gasteiger partial charge in [0.15, 0.2) is 11.5 Å². The van der Waals surface area contributed by atoms with Gasteiger partial charge >= 0.3 is 0 Å². The molecule has 1 unspecified atom stereocenters. The summed E-state index contributed by atoms with van der Waals surface area (Å²) in [6.45, 7) is 3.94. The normalized spacial score (nSPS) is 11.9. The van der Waals surface area contributed by atoms with Gasteiger partial charge in [-0.05, 0) is 37.8 Å². The number of thioether (sulfide) groups is 1. The number of hydrogen-bond donors (Lipinski definition) is 2. The van der Waals surface area contributed by atoms with E-state index in [1.165, 1.54) is 16.4 Å². The van der Waals surface area contributed by atoms with Crippen molar-refractivity contribution in [2.45, 2.75) is 37.9 Å². The molecular formula is C20H26N6O4S. The number of nitrogen functional groups attached to an aromatic ring is 1. The van der Waals surface area contributed by atoms with Crippen LogP contribution in [0.15, 0.2) is 27.7 Å². The molecule has 0 aliphatic carbocycles. The molecule has 0 saturated carbocycles. The molecule has 0 spiro atoms. The Morgan fingerprint density at radius 3 is 2.71 bits per heavy atom. The summed E-state index contributed by atoms with van der Waals surface area (Å²) in [4.78, 5) is 16.8. The maximum atomic E-state index is 12.3. The molecule has 2 aromatic heterocycles. The van der Waals surface area contributed by atoms with Gasteiger partial charge in [0, 0.05) is 11.6 Å². The van der Waals surface area contributed by atoms with Crippen LogP contribution in [0, 0.1) is 0 Å². The molecule has 10 nitrogen and oxygen atoms in total. The van der Waals surface area contributed by atoms with Crippen LogP contribution in [0.2, 0.25) is 0 Å². The largest absolute Gasteiger partial charge is 0.493 e. The second-order valence-corrected chi connectivity index (χ2v) is 7.59. The highest BCUT2D eigenvalue weighted by Crippen LogP contribution is 2.36. The molecule has 0 aliphatic heterocycles. The Labute approximate surface area is 184 Å². The third-order valence-corrected chi connectivity index (χ3v) is 5.42. The van der Waals surface area contributed by atoms with Gasteiger partial charge in [-0.1, -0.05) is 12.1 Å². The first-order valence-corrected chi connectivity index (χ1v) is 10.9. The van der Waals surface area contributed by atoms with E-state index in [0.717, 1.165) is 6.42 Å². The number of nitrogens with two attached hydrogens (primary N) is 1. The summed E-state index contributed by atoms with van der Waals surface area (Å²) in [6.07, 6.45) is 2.70. The second kappa shape index (κ2) is 9.73. The van der Waals surface area contributed by atoms with Crippen LogP contribution in [0.1, 0.15) is 20.3 Å².